The second-order valence-corrected chi connectivity index (χ2v) is 7.20. The average molecular weight is 337 g/mol. The predicted octanol–water partition coefficient (Wildman–Crippen LogP) is 2.44. The van der Waals surface area contributed by atoms with Crippen molar-refractivity contribution in [3.05, 3.63) is 24.2 Å². The summed E-state index contributed by atoms with van der Waals surface area (Å²) in [6, 6.07) is 4.00. The number of nitrogens with zero attached hydrogens (tertiary/aromatic N) is 5. The quantitative estimate of drug-likeness (QED) is 0.722. The summed E-state index contributed by atoms with van der Waals surface area (Å²) < 4.78 is 6.96. The number of carbonyl (C=O) groups is 1. The van der Waals surface area contributed by atoms with Crippen LogP contribution in [0, 0.1) is 0 Å². The van der Waals surface area contributed by atoms with Crippen molar-refractivity contribution in [1.82, 2.24) is 25.1 Å². The van der Waals surface area contributed by atoms with Gasteiger partial charge in [-0.05, 0) is 57.2 Å². The smallest absolute Gasteiger partial charge is 0.236 e. The van der Waals surface area contributed by atoms with E-state index in [0.717, 1.165) is 5.76 Å². The van der Waals surface area contributed by atoms with E-state index < -0.39 is 0 Å². The van der Waals surface area contributed by atoms with Crippen molar-refractivity contribution < 1.29 is 9.21 Å². The van der Waals surface area contributed by atoms with Gasteiger partial charge in [0.05, 0.1) is 11.5 Å². The summed E-state index contributed by atoms with van der Waals surface area (Å²) in [6.45, 7) is 10.4. The molecule has 0 bridgehead atoms. The Morgan fingerprint density at radius 2 is 2.00 bits per heavy atom. The molecule has 23 heavy (non-hydrogen) atoms. The lowest BCUT2D eigenvalue weighted by Crippen LogP contribution is -2.45. The van der Waals surface area contributed by atoms with Crippen LogP contribution in [0.3, 0.4) is 0 Å². The molecule has 1 amide bonds. The highest BCUT2D eigenvalue weighted by atomic mass is 32.2. The highest BCUT2D eigenvalue weighted by Crippen LogP contribution is 2.24. The third-order valence-corrected chi connectivity index (χ3v) is 4.44. The summed E-state index contributed by atoms with van der Waals surface area (Å²) in [4.78, 5) is 14.6. The van der Waals surface area contributed by atoms with Gasteiger partial charge >= 0.3 is 0 Å². The molecule has 0 N–H and O–H groups in total. The summed E-state index contributed by atoms with van der Waals surface area (Å²) >= 11 is 1.36. The van der Waals surface area contributed by atoms with Gasteiger partial charge in [0.2, 0.25) is 11.1 Å². The maximum Gasteiger partial charge on any atom is 0.236 e. The van der Waals surface area contributed by atoms with Crippen molar-refractivity contribution in [2.75, 3.05) is 0 Å². The minimum Gasteiger partial charge on any atom is -0.467 e. The normalized spacial score (nSPS) is 12.8. The first-order valence-corrected chi connectivity index (χ1v) is 8.55. The molecular formula is C15H23N5O2S. The fourth-order valence-corrected chi connectivity index (χ4v) is 3.30. The van der Waals surface area contributed by atoms with Crippen LogP contribution in [0.4, 0.5) is 0 Å². The van der Waals surface area contributed by atoms with Crippen LogP contribution in [0.1, 0.15) is 40.4 Å². The number of amides is 1. The second-order valence-electron chi connectivity index (χ2n) is 5.89. The highest BCUT2D eigenvalue weighted by molar-refractivity contribution is 8.00. The van der Waals surface area contributed by atoms with Crippen LogP contribution < -0.4 is 0 Å². The fraction of sp³-hybridized carbons (Fsp3) is 0.600. The zero-order chi connectivity index (χ0) is 17.0. The second kappa shape index (κ2) is 7.63. The van der Waals surface area contributed by atoms with Crippen LogP contribution in [0.15, 0.2) is 28.0 Å². The topological polar surface area (TPSA) is 77.0 Å². The number of hydrogen-bond acceptors (Lipinski definition) is 6. The summed E-state index contributed by atoms with van der Waals surface area (Å²) in [5, 5.41) is 12.0. The lowest BCUT2D eigenvalue weighted by atomic mass is 10.2. The van der Waals surface area contributed by atoms with Gasteiger partial charge in [-0.3, -0.25) is 4.79 Å². The Morgan fingerprint density at radius 1 is 1.30 bits per heavy atom. The molecule has 0 aliphatic carbocycles. The molecule has 2 heterocycles. The Morgan fingerprint density at radius 3 is 2.57 bits per heavy atom. The van der Waals surface area contributed by atoms with Crippen LogP contribution in [0.25, 0.3) is 0 Å². The number of tetrazole rings is 1. The van der Waals surface area contributed by atoms with E-state index in [-0.39, 0.29) is 23.2 Å². The summed E-state index contributed by atoms with van der Waals surface area (Å²) in [5.74, 6) is 0.858. The molecule has 0 spiro atoms. The average Bonchev–Trinajstić information content (AvgIpc) is 3.11. The monoisotopic (exact) mass is 337 g/mol. The Hall–Kier alpha value is -1.83. The van der Waals surface area contributed by atoms with Gasteiger partial charge in [0.25, 0.3) is 0 Å². The first kappa shape index (κ1) is 17.5. The number of rotatable bonds is 7. The molecule has 2 rings (SSSR count). The number of thioether (sulfide) groups is 1. The molecule has 1 atom stereocenters. The van der Waals surface area contributed by atoms with Crippen molar-refractivity contribution in [2.45, 2.75) is 63.7 Å². The largest absolute Gasteiger partial charge is 0.467 e. The van der Waals surface area contributed by atoms with Crippen molar-refractivity contribution in [3.63, 3.8) is 0 Å². The Balaban J connectivity index is 2.07. The maximum absolute atomic E-state index is 12.7. The lowest BCUT2D eigenvalue weighted by molar-refractivity contribution is -0.133. The van der Waals surface area contributed by atoms with E-state index in [1.54, 1.807) is 10.9 Å². The van der Waals surface area contributed by atoms with Gasteiger partial charge in [-0.1, -0.05) is 11.8 Å². The fourth-order valence-electron chi connectivity index (χ4n) is 2.45. The SMILES string of the molecule is CC(Sc1nnnn1Cc1ccco1)C(=O)N(C(C)C)C(C)C. The summed E-state index contributed by atoms with van der Waals surface area (Å²) in [5.41, 5.74) is 0. The molecule has 0 aromatic carbocycles. The molecule has 126 valence electrons. The third-order valence-electron chi connectivity index (χ3n) is 3.38. The minimum atomic E-state index is -0.263. The van der Waals surface area contributed by atoms with Gasteiger partial charge in [0, 0.05) is 12.1 Å². The molecule has 0 radical (unpaired) electrons. The molecule has 2 aromatic heterocycles. The molecule has 0 aliphatic heterocycles. The molecule has 0 saturated carbocycles. The minimum absolute atomic E-state index is 0.0903. The van der Waals surface area contributed by atoms with Crippen molar-refractivity contribution in [3.8, 4) is 0 Å². The van der Waals surface area contributed by atoms with Gasteiger partial charge in [0.1, 0.15) is 12.3 Å². The van der Waals surface area contributed by atoms with E-state index in [0.29, 0.717) is 11.7 Å². The highest BCUT2D eigenvalue weighted by Gasteiger charge is 2.27. The van der Waals surface area contributed by atoms with Gasteiger partial charge in [0.15, 0.2) is 0 Å². The standard InChI is InChI=1S/C15H23N5O2S/c1-10(2)20(11(3)4)14(21)12(5)23-15-16-17-18-19(15)9-13-7-6-8-22-13/h6-8,10-12H,9H2,1-5H3. The molecule has 2 aromatic rings. The maximum atomic E-state index is 12.7. The van der Waals surface area contributed by atoms with Crippen molar-refractivity contribution in [1.29, 1.82) is 0 Å². The van der Waals surface area contributed by atoms with Crippen molar-refractivity contribution in [2.24, 2.45) is 0 Å². The van der Waals surface area contributed by atoms with Crippen LogP contribution >= 0.6 is 11.8 Å². The molecule has 0 fully saturated rings. The van der Waals surface area contributed by atoms with E-state index in [4.69, 9.17) is 4.42 Å². The molecule has 7 nitrogen and oxygen atoms in total. The van der Waals surface area contributed by atoms with Gasteiger partial charge < -0.3 is 9.32 Å². The molecule has 1 unspecified atom stereocenters. The Kier molecular flexibility index (Phi) is 5.81. The zero-order valence-electron chi connectivity index (χ0n) is 14.1. The molecule has 0 aliphatic rings. The number of hydrogen-bond donors (Lipinski definition) is 0. The summed E-state index contributed by atoms with van der Waals surface area (Å²) in [7, 11) is 0. The number of aromatic nitrogens is 4. The molecular weight excluding hydrogens is 314 g/mol. The molecule has 0 saturated heterocycles. The number of carbonyl (C=O) groups excluding carboxylic acids is 1. The zero-order valence-corrected chi connectivity index (χ0v) is 14.9. The first-order valence-electron chi connectivity index (χ1n) is 7.67. The first-order chi connectivity index (χ1) is 10.9. The van der Waals surface area contributed by atoms with Crippen LogP contribution in [-0.2, 0) is 11.3 Å². The lowest BCUT2D eigenvalue weighted by Gasteiger charge is -2.32. The Bertz CT molecular complexity index is 616. The van der Waals surface area contributed by atoms with Crippen LogP contribution in [0.2, 0.25) is 0 Å². The van der Waals surface area contributed by atoms with Gasteiger partial charge in [-0.15, -0.1) is 5.10 Å². The summed E-state index contributed by atoms with van der Waals surface area (Å²) in [6.07, 6.45) is 1.61. The van der Waals surface area contributed by atoms with E-state index >= 15 is 0 Å². The van der Waals surface area contributed by atoms with E-state index in [1.165, 1.54) is 11.8 Å². The van der Waals surface area contributed by atoms with Crippen LogP contribution in [0.5, 0.6) is 0 Å². The van der Waals surface area contributed by atoms with Gasteiger partial charge in [-0.2, -0.15) is 0 Å². The number of furan rings is 1. The van der Waals surface area contributed by atoms with E-state index in [1.807, 2.05) is 51.7 Å². The van der Waals surface area contributed by atoms with Crippen molar-refractivity contribution >= 4 is 17.7 Å². The van der Waals surface area contributed by atoms with Crippen LogP contribution in [-0.4, -0.2) is 48.3 Å². The predicted molar refractivity (Wildman–Crippen MR) is 88.1 cm³/mol. The van der Waals surface area contributed by atoms with Gasteiger partial charge in [-0.25, -0.2) is 4.68 Å². The molecule has 8 heteroatoms. The van der Waals surface area contributed by atoms with E-state index in [2.05, 4.69) is 15.5 Å². The third kappa shape index (κ3) is 4.34. The Labute approximate surface area is 140 Å². The van der Waals surface area contributed by atoms with E-state index in [9.17, 15) is 4.79 Å².